The SMILES string of the molecule is O=C(O)OCCN(C(=O)Cl)C1C=Cc2ccccc21. The Labute approximate surface area is 115 Å². The Morgan fingerprint density at radius 2 is 2.11 bits per heavy atom. The Kier molecular flexibility index (Phi) is 4.06. The maximum atomic E-state index is 11.5. The summed E-state index contributed by atoms with van der Waals surface area (Å²) < 4.78 is 4.41. The van der Waals surface area contributed by atoms with E-state index in [1.807, 2.05) is 36.4 Å². The maximum absolute atomic E-state index is 11.5. The van der Waals surface area contributed by atoms with Crippen LogP contribution in [0.3, 0.4) is 0 Å². The van der Waals surface area contributed by atoms with Crippen LogP contribution in [0.5, 0.6) is 0 Å². The molecule has 1 amide bonds. The second-order valence-electron chi connectivity index (χ2n) is 3.99. The molecule has 5 nitrogen and oxygen atoms in total. The molecule has 100 valence electrons. The van der Waals surface area contributed by atoms with Crippen LogP contribution in [0, 0.1) is 0 Å². The Morgan fingerprint density at radius 3 is 2.79 bits per heavy atom. The van der Waals surface area contributed by atoms with Gasteiger partial charge in [-0.15, -0.1) is 0 Å². The largest absolute Gasteiger partial charge is 0.505 e. The third-order valence-electron chi connectivity index (χ3n) is 2.89. The number of rotatable bonds is 4. The summed E-state index contributed by atoms with van der Waals surface area (Å²) in [6.07, 6.45) is 2.39. The molecule has 0 heterocycles. The topological polar surface area (TPSA) is 66.8 Å². The van der Waals surface area contributed by atoms with Crippen LogP contribution in [-0.2, 0) is 4.74 Å². The molecule has 6 heteroatoms. The van der Waals surface area contributed by atoms with Gasteiger partial charge in [0.1, 0.15) is 6.61 Å². The normalized spacial score (nSPS) is 15.9. The first-order valence-electron chi connectivity index (χ1n) is 5.68. The molecule has 2 rings (SSSR count). The highest BCUT2D eigenvalue weighted by atomic mass is 35.5. The molecule has 1 aliphatic carbocycles. The molecule has 1 atom stereocenters. The van der Waals surface area contributed by atoms with E-state index in [2.05, 4.69) is 4.74 Å². The number of ether oxygens (including phenoxy) is 1. The van der Waals surface area contributed by atoms with E-state index in [-0.39, 0.29) is 19.2 Å². The Hall–Kier alpha value is -2.01. The zero-order valence-corrected chi connectivity index (χ0v) is 10.7. The monoisotopic (exact) mass is 281 g/mol. The van der Waals surface area contributed by atoms with Gasteiger partial charge in [0.05, 0.1) is 12.6 Å². The molecule has 0 radical (unpaired) electrons. The Bertz CT molecular complexity index is 529. The van der Waals surface area contributed by atoms with Gasteiger partial charge in [-0.05, 0) is 22.7 Å². The fourth-order valence-electron chi connectivity index (χ4n) is 2.07. The lowest BCUT2D eigenvalue weighted by molar-refractivity contribution is 0.0824. The van der Waals surface area contributed by atoms with Gasteiger partial charge in [-0.3, -0.25) is 4.79 Å². The van der Waals surface area contributed by atoms with E-state index >= 15 is 0 Å². The third-order valence-corrected chi connectivity index (χ3v) is 3.11. The smallest absolute Gasteiger partial charge is 0.450 e. The highest BCUT2D eigenvalue weighted by Gasteiger charge is 2.26. The number of amides is 1. The van der Waals surface area contributed by atoms with Crippen LogP contribution in [0.1, 0.15) is 17.2 Å². The summed E-state index contributed by atoms with van der Waals surface area (Å²) in [6.45, 7) is -0.00171. The number of fused-ring (bicyclic) bond motifs is 1. The van der Waals surface area contributed by atoms with Crippen molar-refractivity contribution in [3.05, 3.63) is 41.5 Å². The molecular weight excluding hydrogens is 270 g/mol. The summed E-state index contributed by atoms with van der Waals surface area (Å²) in [5.41, 5.74) is 1.99. The van der Waals surface area contributed by atoms with Gasteiger partial charge in [0.2, 0.25) is 0 Å². The quantitative estimate of drug-likeness (QED) is 0.523. The number of carbonyl (C=O) groups excluding carboxylic acids is 1. The first kappa shape index (κ1) is 13.4. The van der Waals surface area contributed by atoms with Crippen LogP contribution in [-0.4, -0.2) is 34.7 Å². The molecular formula is C13H12ClNO4. The zero-order valence-electron chi connectivity index (χ0n) is 9.95. The number of halogens is 1. The highest BCUT2D eigenvalue weighted by molar-refractivity contribution is 6.62. The van der Waals surface area contributed by atoms with E-state index in [1.54, 1.807) is 0 Å². The van der Waals surface area contributed by atoms with Gasteiger partial charge in [0.25, 0.3) is 0 Å². The molecule has 1 unspecified atom stereocenters. The molecule has 19 heavy (non-hydrogen) atoms. The number of benzene rings is 1. The molecule has 1 aromatic rings. The lowest BCUT2D eigenvalue weighted by Gasteiger charge is -2.26. The van der Waals surface area contributed by atoms with Crippen molar-refractivity contribution in [1.82, 2.24) is 4.90 Å². The first-order valence-corrected chi connectivity index (χ1v) is 6.06. The minimum absolute atomic E-state index is 0.109. The van der Waals surface area contributed by atoms with Crippen molar-refractivity contribution in [2.75, 3.05) is 13.2 Å². The van der Waals surface area contributed by atoms with Crippen LogP contribution < -0.4 is 0 Å². The van der Waals surface area contributed by atoms with Crippen molar-refractivity contribution < 1.29 is 19.4 Å². The summed E-state index contributed by atoms with van der Waals surface area (Å²) in [7, 11) is 0. The fraction of sp³-hybridized carbons (Fsp3) is 0.231. The predicted molar refractivity (Wildman–Crippen MR) is 70.1 cm³/mol. The van der Waals surface area contributed by atoms with Crippen LogP contribution in [0.25, 0.3) is 6.08 Å². The summed E-state index contributed by atoms with van der Waals surface area (Å²) in [4.78, 5) is 23.1. The fourth-order valence-corrected chi connectivity index (χ4v) is 2.26. The molecule has 0 fully saturated rings. The zero-order chi connectivity index (χ0) is 13.8. The predicted octanol–water partition coefficient (Wildman–Crippen LogP) is 3.11. The molecule has 0 saturated heterocycles. The van der Waals surface area contributed by atoms with Gasteiger partial charge < -0.3 is 14.7 Å². The van der Waals surface area contributed by atoms with Crippen molar-refractivity contribution in [3.63, 3.8) is 0 Å². The summed E-state index contributed by atoms with van der Waals surface area (Å²) >= 11 is 5.56. The molecule has 1 N–H and O–H groups in total. The third kappa shape index (κ3) is 3.06. The molecule has 0 spiro atoms. The summed E-state index contributed by atoms with van der Waals surface area (Å²) in [6, 6.07) is 7.36. The van der Waals surface area contributed by atoms with Crippen molar-refractivity contribution in [2.24, 2.45) is 0 Å². The average Bonchev–Trinajstić information content (AvgIpc) is 2.77. The summed E-state index contributed by atoms with van der Waals surface area (Å²) in [5, 5.41) is 7.78. The molecule has 0 aliphatic heterocycles. The van der Waals surface area contributed by atoms with Crippen molar-refractivity contribution in [1.29, 1.82) is 0 Å². The van der Waals surface area contributed by atoms with E-state index in [9.17, 15) is 9.59 Å². The number of hydrogen-bond acceptors (Lipinski definition) is 3. The molecule has 0 bridgehead atoms. The lowest BCUT2D eigenvalue weighted by Crippen LogP contribution is -2.33. The van der Waals surface area contributed by atoms with Crippen LogP contribution in [0.15, 0.2) is 30.3 Å². The number of hydrogen-bond donors (Lipinski definition) is 1. The van der Waals surface area contributed by atoms with Crippen LogP contribution in [0.2, 0.25) is 0 Å². The van der Waals surface area contributed by atoms with Crippen LogP contribution >= 0.6 is 11.6 Å². The Balaban J connectivity index is 2.11. The van der Waals surface area contributed by atoms with E-state index in [0.717, 1.165) is 11.1 Å². The summed E-state index contributed by atoms with van der Waals surface area (Å²) in [5.74, 6) is 0. The number of carboxylic acid groups (broad SMARTS) is 1. The molecule has 0 saturated carbocycles. The second kappa shape index (κ2) is 5.75. The molecule has 1 aromatic carbocycles. The van der Waals surface area contributed by atoms with E-state index < -0.39 is 11.5 Å². The standard InChI is InChI=1S/C13H12ClNO4/c14-12(16)15(7-8-19-13(17)18)11-6-5-9-3-1-2-4-10(9)11/h1-6,11H,7-8H2,(H,17,18). The minimum atomic E-state index is -1.37. The van der Waals surface area contributed by atoms with Gasteiger partial charge in [-0.2, -0.15) is 0 Å². The van der Waals surface area contributed by atoms with Gasteiger partial charge in [-0.1, -0.05) is 36.4 Å². The van der Waals surface area contributed by atoms with Crippen LogP contribution in [0.4, 0.5) is 9.59 Å². The Morgan fingerprint density at radius 1 is 1.37 bits per heavy atom. The lowest BCUT2D eigenvalue weighted by atomic mass is 10.1. The van der Waals surface area contributed by atoms with Gasteiger partial charge in [0.15, 0.2) is 0 Å². The van der Waals surface area contributed by atoms with Gasteiger partial charge in [-0.25, -0.2) is 4.79 Å². The van der Waals surface area contributed by atoms with E-state index in [4.69, 9.17) is 16.7 Å². The number of carbonyl (C=O) groups is 2. The van der Waals surface area contributed by atoms with Crippen molar-refractivity contribution in [2.45, 2.75) is 6.04 Å². The van der Waals surface area contributed by atoms with Gasteiger partial charge in [0, 0.05) is 0 Å². The van der Waals surface area contributed by atoms with E-state index in [1.165, 1.54) is 4.90 Å². The van der Waals surface area contributed by atoms with Crippen molar-refractivity contribution in [3.8, 4) is 0 Å². The second-order valence-corrected chi connectivity index (χ2v) is 4.32. The molecule has 1 aliphatic rings. The van der Waals surface area contributed by atoms with Crippen molar-refractivity contribution >= 4 is 29.2 Å². The minimum Gasteiger partial charge on any atom is -0.450 e. The van der Waals surface area contributed by atoms with E-state index in [0.29, 0.717) is 0 Å². The van der Waals surface area contributed by atoms with Gasteiger partial charge >= 0.3 is 11.5 Å². The maximum Gasteiger partial charge on any atom is 0.505 e. The first-order chi connectivity index (χ1) is 9.09. The highest BCUT2D eigenvalue weighted by Crippen LogP contribution is 2.33. The average molecular weight is 282 g/mol. The number of nitrogens with zero attached hydrogens (tertiary/aromatic N) is 1. The molecule has 0 aromatic heterocycles.